The Bertz CT molecular complexity index is 781. The largest absolute Gasteiger partial charge is 0.334 e. The van der Waals surface area contributed by atoms with E-state index < -0.39 is 0 Å². The fraction of sp³-hybridized carbons (Fsp3) is 0.353. The van der Waals surface area contributed by atoms with E-state index >= 15 is 0 Å². The maximum absolute atomic E-state index is 12.6. The Morgan fingerprint density at radius 2 is 2.00 bits per heavy atom. The molecular formula is C17H19N3O2S. The quantitative estimate of drug-likeness (QED) is 0.846. The second-order valence-electron chi connectivity index (χ2n) is 5.65. The molecule has 0 bridgehead atoms. The first-order valence-corrected chi connectivity index (χ1v) is 8.23. The van der Waals surface area contributed by atoms with Crippen molar-refractivity contribution in [3.8, 4) is 6.07 Å². The molecule has 0 radical (unpaired) electrons. The van der Waals surface area contributed by atoms with Crippen LogP contribution in [0, 0.1) is 18.3 Å². The van der Waals surface area contributed by atoms with Crippen LogP contribution in [0.2, 0.25) is 0 Å². The molecule has 1 aromatic carbocycles. The lowest BCUT2D eigenvalue weighted by molar-refractivity contribution is -0.134. The molecule has 0 N–H and O–H groups in total. The first kappa shape index (κ1) is 17.0. The lowest BCUT2D eigenvalue weighted by atomic mass is 10.1. The van der Waals surface area contributed by atoms with Crippen molar-refractivity contribution in [3.63, 3.8) is 0 Å². The van der Waals surface area contributed by atoms with E-state index in [1.54, 1.807) is 22.4 Å². The van der Waals surface area contributed by atoms with Crippen molar-refractivity contribution < 1.29 is 4.79 Å². The first-order chi connectivity index (χ1) is 10.9. The Morgan fingerprint density at radius 1 is 1.35 bits per heavy atom. The average Bonchev–Trinajstić information content (AvgIpc) is 2.84. The smallest absolute Gasteiger partial charge is 0.307 e. The van der Waals surface area contributed by atoms with Gasteiger partial charge in [-0.3, -0.25) is 14.2 Å². The van der Waals surface area contributed by atoms with Crippen LogP contribution in [-0.4, -0.2) is 21.4 Å². The highest BCUT2D eigenvalue weighted by Crippen LogP contribution is 2.11. The van der Waals surface area contributed by atoms with Crippen molar-refractivity contribution >= 4 is 17.2 Å². The molecule has 6 heteroatoms. The molecule has 1 heterocycles. The number of rotatable bonds is 5. The molecule has 23 heavy (non-hydrogen) atoms. The Balaban J connectivity index is 2.16. The number of hydrogen-bond acceptors (Lipinski definition) is 4. The predicted octanol–water partition coefficient (Wildman–Crippen LogP) is 2.53. The number of amides is 1. The summed E-state index contributed by atoms with van der Waals surface area (Å²) >= 11 is 1.11. The van der Waals surface area contributed by atoms with Gasteiger partial charge in [0.1, 0.15) is 6.54 Å². The molecule has 0 aliphatic heterocycles. The molecule has 1 aromatic heterocycles. The van der Waals surface area contributed by atoms with Crippen LogP contribution in [-0.2, 0) is 17.9 Å². The number of carbonyl (C=O) groups is 1. The topological polar surface area (TPSA) is 66.1 Å². The van der Waals surface area contributed by atoms with Crippen LogP contribution >= 0.6 is 11.3 Å². The lowest BCUT2D eigenvalue weighted by Crippen LogP contribution is -2.39. The van der Waals surface area contributed by atoms with Crippen LogP contribution in [0.1, 0.15) is 30.7 Å². The second-order valence-corrected chi connectivity index (χ2v) is 6.47. The fourth-order valence-electron chi connectivity index (χ4n) is 2.26. The molecule has 0 spiro atoms. The summed E-state index contributed by atoms with van der Waals surface area (Å²) in [4.78, 5) is 26.0. The van der Waals surface area contributed by atoms with Gasteiger partial charge in [0.2, 0.25) is 5.91 Å². The summed E-state index contributed by atoms with van der Waals surface area (Å²) in [5.74, 6) is -0.0899. The number of nitriles is 1. The van der Waals surface area contributed by atoms with E-state index in [0.29, 0.717) is 12.1 Å². The molecule has 0 saturated carbocycles. The van der Waals surface area contributed by atoms with Gasteiger partial charge in [0, 0.05) is 23.7 Å². The zero-order valence-corrected chi connectivity index (χ0v) is 14.3. The highest BCUT2D eigenvalue weighted by atomic mass is 32.1. The number of nitrogens with zero attached hydrogens (tertiary/aromatic N) is 3. The number of thiazole rings is 1. The van der Waals surface area contributed by atoms with Crippen LogP contribution < -0.4 is 4.87 Å². The van der Waals surface area contributed by atoms with Crippen LogP contribution in [0.5, 0.6) is 0 Å². The van der Waals surface area contributed by atoms with Crippen LogP contribution in [0.25, 0.3) is 0 Å². The minimum atomic E-state index is -0.113. The minimum Gasteiger partial charge on any atom is -0.334 e. The molecule has 2 aromatic rings. The van der Waals surface area contributed by atoms with E-state index in [2.05, 4.69) is 6.07 Å². The van der Waals surface area contributed by atoms with Crippen molar-refractivity contribution in [1.82, 2.24) is 9.47 Å². The second kappa shape index (κ2) is 7.25. The predicted molar refractivity (Wildman–Crippen MR) is 90.2 cm³/mol. The van der Waals surface area contributed by atoms with E-state index in [9.17, 15) is 9.59 Å². The van der Waals surface area contributed by atoms with Gasteiger partial charge in [0.15, 0.2) is 0 Å². The summed E-state index contributed by atoms with van der Waals surface area (Å²) in [6, 6.07) is 9.28. The van der Waals surface area contributed by atoms with Crippen LogP contribution in [0.3, 0.4) is 0 Å². The number of carbonyl (C=O) groups excluding carboxylic acids is 1. The summed E-state index contributed by atoms with van der Waals surface area (Å²) in [7, 11) is 0. The minimum absolute atomic E-state index is 0.0211. The van der Waals surface area contributed by atoms with E-state index in [1.165, 1.54) is 4.57 Å². The van der Waals surface area contributed by atoms with Crippen molar-refractivity contribution in [2.24, 2.45) is 0 Å². The van der Waals surface area contributed by atoms with Gasteiger partial charge < -0.3 is 4.90 Å². The molecule has 5 nitrogen and oxygen atoms in total. The molecule has 0 aliphatic carbocycles. The van der Waals surface area contributed by atoms with Crippen molar-refractivity contribution in [2.45, 2.75) is 39.9 Å². The molecule has 0 unspecified atom stereocenters. The van der Waals surface area contributed by atoms with Gasteiger partial charge in [0.05, 0.1) is 11.6 Å². The Kier molecular flexibility index (Phi) is 5.35. The summed E-state index contributed by atoms with van der Waals surface area (Å²) in [6.07, 6.45) is 0. The molecule has 0 atom stereocenters. The van der Waals surface area contributed by atoms with Gasteiger partial charge in [-0.1, -0.05) is 23.5 Å². The molecule has 2 rings (SSSR count). The standard InChI is InChI=1S/C17H19N3O2S/c1-12(2)19(9-15-6-4-14(8-18)5-7-15)16(21)10-20-13(3)11-23-17(20)22/h4-7,11-12H,9-10H2,1-3H3. The zero-order chi connectivity index (χ0) is 17.0. The number of hydrogen-bond donors (Lipinski definition) is 0. The lowest BCUT2D eigenvalue weighted by Gasteiger charge is -2.27. The summed E-state index contributed by atoms with van der Waals surface area (Å²) in [5.41, 5.74) is 2.35. The van der Waals surface area contributed by atoms with E-state index in [4.69, 9.17) is 5.26 Å². The van der Waals surface area contributed by atoms with Gasteiger partial charge in [-0.05, 0) is 38.5 Å². The SMILES string of the molecule is Cc1csc(=O)n1CC(=O)N(Cc1ccc(C#N)cc1)C(C)C. The maximum atomic E-state index is 12.6. The van der Waals surface area contributed by atoms with Gasteiger partial charge in [0.25, 0.3) is 0 Å². The van der Waals surface area contributed by atoms with Crippen LogP contribution in [0.15, 0.2) is 34.4 Å². The number of aryl methyl sites for hydroxylation is 1. The fourth-order valence-corrected chi connectivity index (χ4v) is 3.00. The third kappa shape index (κ3) is 4.08. The summed E-state index contributed by atoms with van der Waals surface area (Å²) < 4.78 is 1.50. The molecule has 120 valence electrons. The zero-order valence-electron chi connectivity index (χ0n) is 13.4. The van der Waals surface area contributed by atoms with E-state index in [-0.39, 0.29) is 23.4 Å². The molecule has 1 amide bonds. The molecule has 0 fully saturated rings. The van der Waals surface area contributed by atoms with Crippen LogP contribution in [0.4, 0.5) is 0 Å². The van der Waals surface area contributed by atoms with Gasteiger partial charge >= 0.3 is 4.87 Å². The Hall–Kier alpha value is -2.39. The molecular weight excluding hydrogens is 310 g/mol. The van der Waals surface area contributed by atoms with Crippen molar-refractivity contribution in [2.75, 3.05) is 0 Å². The highest BCUT2D eigenvalue weighted by Gasteiger charge is 2.19. The van der Waals surface area contributed by atoms with E-state index in [1.807, 2.05) is 32.9 Å². The highest BCUT2D eigenvalue weighted by molar-refractivity contribution is 7.07. The van der Waals surface area contributed by atoms with Gasteiger partial charge in [-0.25, -0.2) is 0 Å². The normalized spacial score (nSPS) is 10.6. The Labute approximate surface area is 139 Å². The molecule has 0 aliphatic rings. The summed E-state index contributed by atoms with van der Waals surface area (Å²) in [6.45, 7) is 6.24. The van der Waals surface area contributed by atoms with Gasteiger partial charge in [-0.15, -0.1) is 0 Å². The Morgan fingerprint density at radius 3 is 2.48 bits per heavy atom. The average molecular weight is 329 g/mol. The van der Waals surface area contributed by atoms with Crippen molar-refractivity contribution in [1.29, 1.82) is 5.26 Å². The summed E-state index contributed by atoms with van der Waals surface area (Å²) in [5, 5.41) is 10.6. The number of benzene rings is 1. The third-order valence-electron chi connectivity index (χ3n) is 3.65. The first-order valence-electron chi connectivity index (χ1n) is 7.36. The number of aromatic nitrogens is 1. The third-order valence-corrected chi connectivity index (χ3v) is 4.53. The van der Waals surface area contributed by atoms with E-state index in [0.717, 1.165) is 22.6 Å². The molecule has 0 saturated heterocycles. The maximum Gasteiger partial charge on any atom is 0.307 e. The van der Waals surface area contributed by atoms with Gasteiger partial charge in [-0.2, -0.15) is 5.26 Å². The monoisotopic (exact) mass is 329 g/mol. The van der Waals surface area contributed by atoms with Crippen molar-refractivity contribution in [3.05, 3.63) is 56.1 Å².